The molecule has 202 valence electrons. The van der Waals surface area contributed by atoms with Crippen molar-refractivity contribution < 1.29 is 26.2 Å². The average Bonchev–Trinajstić information content (AvgIpc) is 2.99. The third kappa shape index (κ3) is 5.70. The molecule has 3 nitrogen and oxygen atoms in total. The molecule has 2 bridgehead atoms. The van der Waals surface area contributed by atoms with Crippen LogP contribution in [0.15, 0.2) is 115 Å². The van der Waals surface area contributed by atoms with Gasteiger partial charge in [-0.2, -0.15) is 0 Å². The lowest BCUT2D eigenvalue weighted by atomic mass is 9.68. The summed E-state index contributed by atoms with van der Waals surface area (Å²) in [5.41, 5.74) is 5.52. The zero-order chi connectivity index (χ0) is 25.8. The van der Waals surface area contributed by atoms with Crippen LogP contribution in [0.25, 0.3) is 0 Å². The van der Waals surface area contributed by atoms with Crippen molar-refractivity contribution in [1.82, 2.24) is 5.32 Å². The second kappa shape index (κ2) is 12.5. The Labute approximate surface area is 244 Å². The molecule has 3 aliphatic rings. The van der Waals surface area contributed by atoms with E-state index in [4.69, 9.17) is 4.74 Å². The molecular formula is C35H39BrN2O. The van der Waals surface area contributed by atoms with Gasteiger partial charge in [-0.15, -0.1) is 0 Å². The summed E-state index contributed by atoms with van der Waals surface area (Å²) in [6, 6.07) is 43.0. The van der Waals surface area contributed by atoms with Crippen LogP contribution < -0.4 is 27.0 Å². The Kier molecular flexibility index (Phi) is 8.86. The minimum Gasteiger partial charge on any atom is -1.00 e. The maximum atomic E-state index is 5.72. The van der Waals surface area contributed by atoms with E-state index in [1.165, 1.54) is 48.2 Å². The van der Waals surface area contributed by atoms with Crippen molar-refractivity contribution in [2.75, 3.05) is 20.2 Å². The summed E-state index contributed by atoms with van der Waals surface area (Å²) < 4.78 is 6.85. The number of halogens is 1. The maximum absolute atomic E-state index is 5.72. The Balaban J connectivity index is 0.00000308. The van der Waals surface area contributed by atoms with E-state index < -0.39 is 0 Å². The van der Waals surface area contributed by atoms with Crippen LogP contribution in [0.1, 0.15) is 41.0 Å². The number of nitrogens with zero attached hydrogens (tertiary/aromatic N) is 1. The molecular weight excluding hydrogens is 544 g/mol. The van der Waals surface area contributed by atoms with Gasteiger partial charge in [0.2, 0.25) is 0 Å². The highest BCUT2D eigenvalue weighted by Gasteiger charge is 2.56. The molecule has 0 spiro atoms. The Morgan fingerprint density at radius 1 is 0.744 bits per heavy atom. The molecule has 4 heteroatoms. The summed E-state index contributed by atoms with van der Waals surface area (Å²) in [6.45, 7) is 4.39. The Morgan fingerprint density at radius 3 is 1.87 bits per heavy atom. The fourth-order valence-electron chi connectivity index (χ4n) is 7.38. The number of piperidine rings is 3. The van der Waals surface area contributed by atoms with Crippen LogP contribution >= 0.6 is 0 Å². The second-order valence-corrected chi connectivity index (χ2v) is 11.2. The summed E-state index contributed by atoms with van der Waals surface area (Å²) >= 11 is 0. The minimum absolute atomic E-state index is 0. The first kappa shape index (κ1) is 27.6. The van der Waals surface area contributed by atoms with Crippen LogP contribution in [0.5, 0.6) is 5.75 Å². The second-order valence-electron chi connectivity index (χ2n) is 11.2. The van der Waals surface area contributed by atoms with E-state index in [9.17, 15) is 0 Å². The minimum atomic E-state index is 0. The van der Waals surface area contributed by atoms with Gasteiger partial charge in [-0.3, -0.25) is 0 Å². The largest absolute Gasteiger partial charge is 1.00 e. The third-order valence-corrected chi connectivity index (χ3v) is 9.12. The van der Waals surface area contributed by atoms with E-state index in [0.29, 0.717) is 23.9 Å². The molecule has 39 heavy (non-hydrogen) atoms. The summed E-state index contributed by atoms with van der Waals surface area (Å²) in [4.78, 5) is 0. The molecule has 4 aromatic rings. The van der Waals surface area contributed by atoms with Gasteiger partial charge in [0.1, 0.15) is 18.3 Å². The number of benzene rings is 4. The molecule has 0 aromatic heterocycles. The van der Waals surface area contributed by atoms with Gasteiger partial charge in [-0.25, -0.2) is 0 Å². The predicted octanol–water partition coefficient (Wildman–Crippen LogP) is 3.80. The highest BCUT2D eigenvalue weighted by Crippen LogP contribution is 2.47. The monoisotopic (exact) mass is 582 g/mol. The van der Waals surface area contributed by atoms with Gasteiger partial charge in [-0.05, 0) is 23.1 Å². The molecule has 0 radical (unpaired) electrons. The number of hydrogen-bond acceptors (Lipinski definition) is 2. The molecule has 7 rings (SSSR count). The molecule has 2 atom stereocenters. The molecule has 0 amide bonds. The summed E-state index contributed by atoms with van der Waals surface area (Å²) in [6.07, 6.45) is 2.56. The zero-order valence-electron chi connectivity index (χ0n) is 22.8. The number of methoxy groups -OCH3 is 1. The van der Waals surface area contributed by atoms with Crippen LogP contribution in [0.2, 0.25) is 0 Å². The van der Waals surface area contributed by atoms with Gasteiger partial charge in [0, 0.05) is 30.5 Å². The highest BCUT2D eigenvalue weighted by molar-refractivity contribution is 5.36. The van der Waals surface area contributed by atoms with Crippen LogP contribution in [0, 0.1) is 5.92 Å². The van der Waals surface area contributed by atoms with Gasteiger partial charge < -0.3 is 31.5 Å². The lowest BCUT2D eigenvalue weighted by Gasteiger charge is -2.60. The van der Waals surface area contributed by atoms with Crippen LogP contribution in [-0.4, -0.2) is 36.8 Å². The van der Waals surface area contributed by atoms with E-state index >= 15 is 0 Å². The van der Waals surface area contributed by atoms with E-state index in [2.05, 4.69) is 121 Å². The quantitative estimate of drug-likeness (QED) is 0.303. The first-order chi connectivity index (χ1) is 18.8. The van der Waals surface area contributed by atoms with Gasteiger partial charge in [0.05, 0.1) is 32.2 Å². The molecule has 3 heterocycles. The Hall–Kier alpha value is -2.92. The van der Waals surface area contributed by atoms with Crippen LogP contribution in [0.4, 0.5) is 0 Å². The standard InChI is InChI=1S/C35H39N2O.BrH/c1-38-32-20-12-11-19-31(32)25-36-34-30-21-23-37(24-22-30,26-27-13-5-2-6-14-27)35(34)33(28-15-7-3-8-16-28)29-17-9-4-10-18-29;/h2-20,30,33-36H,21-26H2,1H3;1H/q+1;/p-1/t30?,34-,35-,37?;/m0./s1. The maximum Gasteiger partial charge on any atom is 0.123 e. The van der Waals surface area contributed by atoms with Gasteiger partial charge >= 0.3 is 0 Å². The topological polar surface area (TPSA) is 21.3 Å². The van der Waals surface area contributed by atoms with Crippen molar-refractivity contribution in [2.24, 2.45) is 5.92 Å². The zero-order valence-corrected chi connectivity index (χ0v) is 24.3. The molecule has 0 saturated carbocycles. The molecule has 4 aromatic carbocycles. The van der Waals surface area contributed by atoms with E-state index in [1.807, 2.05) is 0 Å². The van der Waals surface area contributed by atoms with Crippen molar-refractivity contribution in [3.63, 3.8) is 0 Å². The first-order valence-electron chi connectivity index (χ1n) is 14.1. The van der Waals surface area contributed by atoms with Crippen molar-refractivity contribution in [1.29, 1.82) is 0 Å². The molecule has 3 saturated heterocycles. The number of nitrogens with one attached hydrogen (secondary N) is 1. The molecule has 1 N–H and O–H groups in total. The predicted molar refractivity (Wildman–Crippen MR) is 155 cm³/mol. The fourth-order valence-corrected chi connectivity index (χ4v) is 7.38. The van der Waals surface area contributed by atoms with Crippen molar-refractivity contribution >= 4 is 0 Å². The number of fused-ring (bicyclic) bond motifs is 3. The van der Waals surface area contributed by atoms with E-state index in [0.717, 1.165) is 23.3 Å². The summed E-state index contributed by atoms with van der Waals surface area (Å²) in [5.74, 6) is 1.97. The lowest BCUT2D eigenvalue weighted by molar-refractivity contribution is -0.980. The van der Waals surface area contributed by atoms with Crippen molar-refractivity contribution in [3.8, 4) is 5.75 Å². The Morgan fingerprint density at radius 2 is 1.28 bits per heavy atom. The number of hydrogen-bond donors (Lipinski definition) is 1. The fraction of sp³-hybridized carbons (Fsp3) is 0.314. The third-order valence-electron chi connectivity index (χ3n) is 9.12. The summed E-state index contributed by atoms with van der Waals surface area (Å²) in [5, 5.41) is 4.13. The number of rotatable bonds is 9. The van der Waals surface area contributed by atoms with E-state index in [1.54, 1.807) is 7.11 Å². The normalized spacial score (nSPS) is 23.8. The smallest absolute Gasteiger partial charge is 0.123 e. The molecule has 3 aliphatic heterocycles. The summed E-state index contributed by atoms with van der Waals surface area (Å²) in [7, 11) is 1.77. The number of ether oxygens (including phenoxy) is 1. The van der Waals surface area contributed by atoms with Crippen LogP contribution in [0.3, 0.4) is 0 Å². The molecule has 0 aliphatic carbocycles. The van der Waals surface area contributed by atoms with Gasteiger partial charge in [0.15, 0.2) is 0 Å². The van der Waals surface area contributed by atoms with Gasteiger partial charge in [-0.1, -0.05) is 109 Å². The van der Waals surface area contributed by atoms with E-state index in [-0.39, 0.29) is 17.0 Å². The molecule has 3 fully saturated rings. The SMILES string of the molecule is COc1ccccc1CN[C@H]1C2CC[N+](Cc3ccccc3)(CC2)[C@H]1C(c1ccccc1)c1ccccc1.[Br-]. The first-order valence-corrected chi connectivity index (χ1v) is 14.1. The van der Waals surface area contributed by atoms with Crippen molar-refractivity contribution in [3.05, 3.63) is 138 Å². The highest BCUT2D eigenvalue weighted by atomic mass is 79.9. The lowest BCUT2D eigenvalue weighted by Crippen LogP contribution is -3.00. The van der Waals surface area contributed by atoms with Gasteiger partial charge in [0.25, 0.3) is 0 Å². The average molecular weight is 584 g/mol. The number of quaternary nitrogens is 1. The van der Waals surface area contributed by atoms with Crippen LogP contribution in [-0.2, 0) is 13.1 Å². The number of para-hydroxylation sites is 1. The van der Waals surface area contributed by atoms with Crippen molar-refractivity contribution in [2.45, 2.75) is 43.9 Å². The molecule has 0 unspecified atom stereocenters. The Bertz CT molecular complexity index is 1270.